The molecule has 1 saturated carbocycles. The van der Waals surface area contributed by atoms with Crippen molar-refractivity contribution < 1.29 is 14.2 Å². The molecule has 0 saturated heterocycles. The first kappa shape index (κ1) is 22.9. The first-order chi connectivity index (χ1) is 16.0. The molecular weight excluding hydrogens is 414 g/mol. The lowest BCUT2D eigenvalue weighted by molar-refractivity contribution is 0.242. The van der Waals surface area contributed by atoms with Gasteiger partial charge in [-0.3, -0.25) is 0 Å². The van der Waals surface area contributed by atoms with Crippen molar-refractivity contribution >= 4 is 5.95 Å². The van der Waals surface area contributed by atoms with E-state index in [1.807, 2.05) is 68.6 Å². The molecule has 1 N–H and O–H groups in total. The molecule has 1 fully saturated rings. The minimum absolute atomic E-state index is 0.124. The van der Waals surface area contributed by atoms with E-state index in [1.54, 1.807) is 7.11 Å². The minimum atomic E-state index is 0.124. The highest BCUT2D eigenvalue weighted by Crippen LogP contribution is 2.34. The third kappa shape index (κ3) is 6.15. The van der Waals surface area contributed by atoms with Gasteiger partial charge in [0.1, 0.15) is 17.2 Å². The topological polar surface area (TPSA) is 65.5 Å². The number of ether oxygens (including phenoxy) is 3. The Hall–Kier alpha value is -3.28. The van der Waals surface area contributed by atoms with Crippen molar-refractivity contribution in [2.24, 2.45) is 5.92 Å². The maximum absolute atomic E-state index is 6.25. The number of nitrogens with one attached hydrogen (secondary N) is 1. The van der Waals surface area contributed by atoms with Gasteiger partial charge >= 0.3 is 0 Å². The van der Waals surface area contributed by atoms with Crippen LogP contribution in [0.5, 0.6) is 23.1 Å². The average Bonchev–Trinajstić information content (AvgIpc) is 2.81. The fraction of sp³-hybridized carbons (Fsp3) is 0.407. The highest BCUT2D eigenvalue weighted by Gasteiger charge is 2.20. The molecule has 0 radical (unpaired) electrons. The Bertz CT molecular complexity index is 1040. The Labute approximate surface area is 196 Å². The summed E-state index contributed by atoms with van der Waals surface area (Å²) in [6, 6.07) is 15.8. The smallest absolute Gasteiger partial charge is 0.231 e. The summed E-state index contributed by atoms with van der Waals surface area (Å²) < 4.78 is 17.4. The second kappa shape index (κ2) is 10.6. The summed E-state index contributed by atoms with van der Waals surface area (Å²) in [5, 5.41) is 3.51. The van der Waals surface area contributed by atoms with E-state index in [1.165, 1.54) is 12.8 Å². The third-order valence-electron chi connectivity index (χ3n) is 5.90. The van der Waals surface area contributed by atoms with Crippen LogP contribution in [0.2, 0.25) is 0 Å². The van der Waals surface area contributed by atoms with Crippen LogP contribution in [0.1, 0.15) is 46.5 Å². The molecule has 33 heavy (non-hydrogen) atoms. The summed E-state index contributed by atoms with van der Waals surface area (Å²) >= 11 is 0. The van der Waals surface area contributed by atoms with Gasteiger partial charge in [0.05, 0.1) is 18.8 Å². The zero-order valence-corrected chi connectivity index (χ0v) is 19.9. The van der Waals surface area contributed by atoms with E-state index < -0.39 is 0 Å². The van der Waals surface area contributed by atoms with Gasteiger partial charge in [0.2, 0.25) is 11.8 Å². The SMILES string of the molecule is COc1cccc(Oc2nc(N[C@H]3CC[C@@H](C)CC3)ncc2-c2ccc(OC(C)C)cc2)c1. The van der Waals surface area contributed by atoms with Crippen LogP contribution in [0.3, 0.4) is 0 Å². The number of hydrogen-bond donors (Lipinski definition) is 1. The number of nitrogens with zero attached hydrogens (tertiary/aromatic N) is 2. The summed E-state index contributed by atoms with van der Waals surface area (Å²) in [4.78, 5) is 9.38. The Kier molecular flexibility index (Phi) is 7.33. The molecule has 6 heteroatoms. The van der Waals surface area contributed by atoms with Crippen molar-refractivity contribution in [1.82, 2.24) is 9.97 Å². The monoisotopic (exact) mass is 447 g/mol. The lowest BCUT2D eigenvalue weighted by Crippen LogP contribution is -2.26. The molecule has 1 aliphatic carbocycles. The molecule has 0 amide bonds. The summed E-state index contributed by atoms with van der Waals surface area (Å²) in [7, 11) is 1.64. The average molecular weight is 448 g/mol. The van der Waals surface area contributed by atoms with Crippen molar-refractivity contribution in [2.75, 3.05) is 12.4 Å². The lowest BCUT2D eigenvalue weighted by Gasteiger charge is -2.27. The largest absolute Gasteiger partial charge is 0.497 e. The number of benzene rings is 2. The van der Waals surface area contributed by atoms with Gasteiger partial charge in [0, 0.05) is 18.3 Å². The van der Waals surface area contributed by atoms with Gasteiger partial charge in [-0.05, 0) is 75.3 Å². The molecule has 174 valence electrons. The molecule has 6 nitrogen and oxygen atoms in total. The summed E-state index contributed by atoms with van der Waals surface area (Å²) in [6.45, 7) is 6.35. The number of rotatable bonds is 8. The van der Waals surface area contributed by atoms with E-state index >= 15 is 0 Å². The third-order valence-corrected chi connectivity index (χ3v) is 5.90. The van der Waals surface area contributed by atoms with Gasteiger partial charge in [0.25, 0.3) is 0 Å². The van der Waals surface area contributed by atoms with Gasteiger partial charge in [-0.25, -0.2) is 4.98 Å². The van der Waals surface area contributed by atoms with Crippen LogP contribution in [0.25, 0.3) is 11.1 Å². The van der Waals surface area contributed by atoms with Crippen molar-refractivity contribution in [3.8, 4) is 34.3 Å². The Morgan fingerprint density at radius 2 is 1.67 bits per heavy atom. The lowest BCUT2D eigenvalue weighted by atomic mass is 9.87. The van der Waals surface area contributed by atoms with Crippen molar-refractivity contribution in [2.45, 2.75) is 58.6 Å². The van der Waals surface area contributed by atoms with E-state index in [2.05, 4.69) is 17.2 Å². The molecule has 0 spiro atoms. The minimum Gasteiger partial charge on any atom is -0.497 e. The van der Waals surface area contributed by atoms with Crippen LogP contribution < -0.4 is 19.5 Å². The number of anilines is 1. The zero-order chi connectivity index (χ0) is 23.2. The molecule has 2 aromatic carbocycles. The van der Waals surface area contributed by atoms with Crippen LogP contribution in [0.4, 0.5) is 5.95 Å². The fourth-order valence-electron chi connectivity index (χ4n) is 4.06. The highest BCUT2D eigenvalue weighted by molar-refractivity contribution is 5.69. The maximum atomic E-state index is 6.25. The van der Waals surface area contributed by atoms with Gasteiger partial charge in [-0.15, -0.1) is 0 Å². The standard InChI is InChI=1S/C27H33N3O3/c1-18(2)32-22-14-10-20(11-15-22)25-17-28-27(29-21-12-8-19(3)9-13-21)30-26(25)33-24-7-5-6-23(16-24)31-4/h5-7,10-11,14-19,21H,8-9,12-13H2,1-4H3,(H,28,29,30)/t19-,21+. The Balaban J connectivity index is 1.62. The first-order valence-electron chi connectivity index (χ1n) is 11.7. The van der Waals surface area contributed by atoms with Gasteiger partial charge in [0.15, 0.2) is 0 Å². The zero-order valence-electron chi connectivity index (χ0n) is 19.9. The second-order valence-corrected chi connectivity index (χ2v) is 8.99. The predicted octanol–water partition coefficient (Wildman–Crippen LogP) is 6.72. The number of methoxy groups -OCH3 is 1. The van der Waals surface area contributed by atoms with Crippen molar-refractivity contribution in [3.05, 3.63) is 54.7 Å². The molecule has 4 rings (SSSR count). The van der Waals surface area contributed by atoms with Gasteiger partial charge in [-0.2, -0.15) is 4.98 Å². The normalized spacial score (nSPS) is 18.1. The van der Waals surface area contributed by atoms with Crippen molar-refractivity contribution in [3.63, 3.8) is 0 Å². The fourth-order valence-corrected chi connectivity index (χ4v) is 4.06. The maximum Gasteiger partial charge on any atom is 0.231 e. The van der Waals surface area contributed by atoms with E-state index in [0.717, 1.165) is 41.4 Å². The van der Waals surface area contributed by atoms with Crippen LogP contribution in [0.15, 0.2) is 54.7 Å². The molecule has 1 aromatic heterocycles. The molecule has 1 aliphatic rings. The molecule has 0 aliphatic heterocycles. The van der Waals surface area contributed by atoms with Crippen LogP contribution in [0, 0.1) is 5.92 Å². The highest BCUT2D eigenvalue weighted by atomic mass is 16.5. The molecule has 3 aromatic rings. The van der Waals surface area contributed by atoms with E-state index in [9.17, 15) is 0 Å². The van der Waals surface area contributed by atoms with E-state index in [-0.39, 0.29) is 6.10 Å². The summed E-state index contributed by atoms with van der Waals surface area (Å²) in [6.07, 6.45) is 6.68. The quantitative estimate of drug-likeness (QED) is 0.413. The van der Waals surface area contributed by atoms with Crippen LogP contribution in [-0.4, -0.2) is 29.2 Å². The molecule has 0 atom stereocenters. The number of hydrogen-bond acceptors (Lipinski definition) is 6. The van der Waals surface area contributed by atoms with Gasteiger partial charge < -0.3 is 19.5 Å². The number of aromatic nitrogens is 2. The van der Waals surface area contributed by atoms with Crippen molar-refractivity contribution in [1.29, 1.82) is 0 Å². The Morgan fingerprint density at radius 1 is 0.939 bits per heavy atom. The first-order valence-corrected chi connectivity index (χ1v) is 11.7. The molecular formula is C27H33N3O3. The summed E-state index contributed by atoms with van der Waals surface area (Å²) in [5.74, 6) is 4.11. The Morgan fingerprint density at radius 3 is 2.36 bits per heavy atom. The van der Waals surface area contributed by atoms with Gasteiger partial charge in [-0.1, -0.05) is 25.1 Å². The molecule has 1 heterocycles. The van der Waals surface area contributed by atoms with E-state index in [4.69, 9.17) is 19.2 Å². The predicted molar refractivity (Wildman–Crippen MR) is 131 cm³/mol. The molecule has 0 unspecified atom stereocenters. The molecule has 0 bridgehead atoms. The van der Waals surface area contributed by atoms with E-state index in [0.29, 0.717) is 23.6 Å². The van der Waals surface area contributed by atoms with Crippen LogP contribution in [-0.2, 0) is 0 Å². The van der Waals surface area contributed by atoms with Crippen LogP contribution >= 0.6 is 0 Å². The second-order valence-electron chi connectivity index (χ2n) is 8.99. The summed E-state index contributed by atoms with van der Waals surface area (Å²) in [5.41, 5.74) is 1.78.